The van der Waals surface area contributed by atoms with Crippen molar-refractivity contribution in [2.45, 2.75) is 51.9 Å². The number of esters is 1. The zero-order chi connectivity index (χ0) is 21.6. The predicted octanol–water partition coefficient (Wildman–Crippen LogP) is 5.81. The molecule has 4 heteroatoms. The van der Waals surface area contributed by atoms with Crippen LogP contribution in [0, 0.1) is 5.41 Å². The molecule has 3 unspecified atom stereocenters. The quantitative estimate of drug-likeness (QED) is 0.360. The third-order valence-corrected chi connectivity index (χ3v) is 6.32. The Bertz CT molecular complexity index is 972. The number of carbonyl (C=O) groups is 1. The lowest BCUT2D eigenvalue weighted by Gasteiger charge is -2.32. The van der Waals surface area contributed by atoms with E-state index in [4.69, 9.17) is 9.84 Å². The molecule has 158 valence electrons. The van der Waals surface area contributed by atoms with E-state index in [2.05, 4.69) is 54.4 Å². The maximum absolute atomic E-state index is 12.6. The van der Waals surface area contributed by atoms with Crippen molar-refractivity contribution in [3.05, 3.63) is 78.1 Å². The summed E-state index contributed by atoms with van der Waals surface area (Å²) in [5, 5.41) is 11.6. The molecular formula is C26H31NO3. The number of hydrogen-bond acceptors (Lipinski definition) is 4. The fourth-order valence-electron chi connectivity index (χ4n) is 4.20. The molecule has 0 bridgehead atoms. The van der Waals surface area contributed by atoms with Crippen molar-refractivity contribution in [2.24, 2.45) is 5.41 Å². The maximum atomic E-state index is 12.6. The monoisotopic (exact) mass is 405 g/mol. The number of pyridine rings is 1. The van der Waals surface area contributed by atoms with E-state index in [0.29, 0.717) is 18.8 Å². The summed E-state index contributed by atoms with van der Waals surface area (Å²) in [4.78, 5) is 16.7. The largest absolute Gasteiger partial charge is 0.438 e. The van der Waals surface area contributed by atoms with E-state index in [1.54, 1.807) is 12.4 Å². The summed E-state index contributed by atoms with van der Waals surface area (Å²) in [7, 11) is 0. The van der Waals surface area contributed by atoms with Gasteiger partial charge in [0, 0.05) is 12.4 Å². The lowest BCUT2D eigenvalue weighted by molar-refractivity contribution is -0.164. The van der Waals surface area contributed by atoms with E-state index in [1.165, 1.54) is 21.9 Å². The molecule has 0 saturated carbocycles. The van der Waals surface area contributed by atoms with E-state index < -0.39 is 12.2 Å². The molecule has 0 amide bonds. The highest BCUT2D eigenvalue weighted by molar-refractivity contribution is 5.83. The highest BCUT2D eigenvalue weighted by atomic mass is 16.6. The number of aliphatic hydroxyl groups excluding tert-OH is 1. The van der Waals surface area contributed by atoms with Crippen LogP contribution in [0.2, 0.25) is 0 Å². The van der Waals surface area contributed by atoms with Gasteiger partial charge >= 0.3 is 5.97 Å². The first-order chi connectivity index (χ1) is 14.5. The summed E-state index contributed by atoms with van der Waals surface area (Å²) in [5.41, 5.74) is 1.82. The summed E-state index contributed by atoms with van der Waals surface area (Å²) >= 11 is 0. The minimum Gasteiger partial charge on any atom is -0.438 e. The van der Waals surface area contributed by atoms with Gasteiger partial charge in [-0.05, 0) is 72.1 Å². The number of carbonyl (C=O) groups excluding carboxylic acids is 1. The Morgan fingerprint density at radius 2 is 1.77 bits per heavy atom. The Kier molecular flexibility index (Phi) is 7.22. The number of ether oxygens (including phenoxy) is 1. The Morgan fingerprint density at radius 3 is 2.43 bits per heavy atom. The SMILES string of the molecule is CCC(C)(CC(CC(C)c1ccc2ccccc2c1)c1ccncc1)C(=O)OCO. The van der Waals surface area contributed by atoms with Crippen LogP contribution in [-0.2, 0) is 9.53 Å². The van der Waals surface area contributed by atoms with Crippen LogP contribution in [0.15, 0.2) is 67.0 Å². The number of aliphatic hydroxyl groups is 1. The van der Waals surface area contributed by atoms with Crippen molar-refractivity contribution >= 4 is 16.7 Å². The van der Waals surface area contributed by atoms with Gasteiger partial charge in [0.2, 0.25) is 0 Å². The van der Waals surface area contributed by atoms with Gasteiger partial charge in [-0.2, -0.15) is 0 Å². The van der Waals surface area contributed by atoms with Crippen molar-refractivity contribution < 1.29 is 14.6 Å². The summed E-state index contributed by atoms with van der Waals surface area (Å²) < 4.78 is 4.98. The van der Waals surface area contributed by atoms with Crippen molar-refractivity contribution in [3.63, 3.8) is 0 Å². The third kappa shape index (κ3) is 5.06. The number of aromatic nitrogens is 1. The smallest absolute Gasteiger partial charge is 0.313 e. The Labute approximate surface area is 178 Å². The fourth-order valence-corrected chi connectivity index (χ4v) is 4.20. The van der Waals surface area contributed by atoms with Crippen LogP contribution in [0.3, 0.4) is 0 Å². The molecule has 0 aliphatic rings. The standard InChI is InChI=1S/C26H31NO3/c1-4-26(3,25(29)30-18-28)17-24(21-11-13-27-14-12-21)15-19(2)22-10-9-20-7-5-6-8-23(20)16-22/h5-14,16,19,24,28H,4,15,17-18H2,1-3H3. The topological polar surface area (TPSA) is 59.4 Å². The van der Waals surface area contributed by atoms with Crippen LogP contribution in [0.4, 0.5) is 0 Å². The van der Waals surface area contributed by atoms with Gasteiger partial charge in [0.1, 0.15) is 0 Å². The molecule has 0 saturated heterocycles. The fraction of sp³-hybridized carbons (Fsp3) is 0.385. The van der Waals surface area contributed by atoms with Gasteiger partial charge in [0.05, 0.1) is 5.41 Å². The second kappa shape index (κ2) is 9.86. The molecule has 1 aromatic heterocycles. The predicted molar refractivity (Wildman–Crippen MR) is 120 cm³/mol. The molecule has 0 aliphatic carbocycles. The molecule has 2 aromatic carbocycles. The van der Waals surface area contributed by atoms with Gasteiger partial charge in [-0.15, -0.1) is 0 Å². The van der Waals surface area contributed by atoms with Crippen molar-refractivity contribution in [2.75, 3.05) is 6.79 Å². The Hall–Kier alpha value is -2.72. The van der Waals surface area contributed by atoms with Crippen LogP contribution in [0.1, 0.15) is 63.0 Å². The molecule has 3 aromatic rings. The van der Waals surface area contributed by atoms with Gasteiger partial charge < -0.3 is 9.84 Å². The van der Waals surface area contributed by atoms with E-state index in [1.807, 2.05) is 26.0 Å². The zero-order valence-electron chi connectivity index (χ0n) is 18.0. The number of nitrogens with zero attached hydrogens (tertiary/aromatic N) is 1. The van der Waals surface area contributed by atoms with Crippen LogP contribution >= 0.6 is 0 Å². The molecular weight excluding hydrogens is 374 g/mol. The first-order valence-corrected chi connectivity index (χ1v) is 10.6. The van der Waals surface area contributed by atoms with Crippen LogP contribution in [-0.4, -0.2) is 22.9 Å². The minimum atomic E-state index is -0.653. The average molecular weight is 406 g/mol. The number of hydrogen-bond donors (Lipinski definition) is 1. The molecule has 4 nitrogen and oxygen atoms in total. The van der Waals surface area contributed by atoms with Gasteiger partial charge in [0.25, 0.3) is 0 Å². The highest BCUT2D eigenvalue weighted by Gasteiger charge is 2.36. The second-order valence-electron chi connectivity index (χ2n) is 8.40. The van der Waals surface area contributed by atoms with E-state index in [-0.39, 0.29) is 11.9 Å². The zero-order valence-corrected chi connectivity index (χ0v) is 18.0. The molecule has 0 radical (unpaired) electrons. The highest BCUT2D eigenvalue weighted by Crippen LogP contribution is 2.41. The van der Waals surface area contributed by atoms with E-state index in [0.717, 1.165) is 6.42 Å². The van der Waals surface area contributed by atoms with Crippen molar-refractivity contribution in [3.8, 4) is 0 Å². The summed E-state index contributed by atoms with van der Waals surface area (Å²) in [6.07, 6.45) is 5.82. The molecule has 1 heterocycles. The number of benzene rings is 2. The maximum Gasteiger partial charge on any atom is 0.313 e. The number of rotatable bonds is 9. The van der Waals surface area contributed by atoms with Gasteiger partial charge in [-0.3, -0.25) is 9.78 Å². The molecule has 30 heavy (non-hydrogen) atoms. The molecule has 0 fully saturated rings. The van der Waals surface area contributed by atoms with Gasteiger partial charge in [-0.25, -0.2) is 0 Å². The molecule has 3 atom stereocenters. The van der Waals surface area contributed by atoms with Gasteiger partial charge in [0.15, 0.2) is 6.79 Å². The molecule has 0 aliphatic heterocycles. The lowest BCUT2D eigenvalue weighted by Crippen LogP contribution is -2.32. The minimum absolute atomic E-state index is 0.172. The summed E-state index contributed by atoms with van der Waals surface area (Å²) in [6, 6.07) is 19.1. The molecule has 1 N–H and O–H groups in total. The average Bonchev–Trinajstić information content (AvgIpc) is 2.78. The van der Waals surface area contributed by atoms with E-state index >= 15 is 0 Å². The molecule has 3 rings (SSSR count). The van der Waals surface area contributed by atoms with Crippen LogP contribution in [0.5, 0.6) is 0 Å². The lowest BCUT2D eigenvalue weighted by atomic mass is 9.73. The summed E-state index contributed by atoms with van der Waals surface area (Å²) in [5.74, 6) is 0.151. The second-order valence-corrected chi connectivity index (χ2v) is 8.40. The van der Waals surface area contributed by atoms with Crippen LogP contribution in [0.25, 0.3) is 10.8 Å². The summed E-state index contributed by atoms with van der Waals surface area (Å²) in [6.45, 7) is 5.59. The normalized spacial score (nSPS) is 15.3. The first kappa shape index (κ1) is 22.0. The molecule has 0 spiro atoms. The Balaban J connectivity index is 1.87. The first-order valence-electron chi connectivity index (χ1n) is 10.6. The van der Waals surface area contributed by atoms with Crippen molar-refractivity contribution in [1.29, 1.82) is 0 Å². The van der Waals surface area contributed by atoms with E-state index in [9.17, 15) is 4.79 Å². The van der Waals surface area contributed by atoms with Crippen molar-refractivity contribution in [1.82, 2.24) is 4.98 Å². The van der Waals surface area contributed by atoms with Gasteiger partial charge in [-0.1, -0.05) is 56.3 Å². The van der Waals surface area contributed by atoms with Crippen LogP contribution < -0.4 is 0 Å². The Morgan fingerprint density at radius 1 is 1.07 bits per heavy atom. The third-order valence-electron chi connectivity index (χ3n) is 6.32. The number of fused-ring (bicyclic) bond motifs is 1.